The van der Waals surface area contributed by atoms with E-state index in [0.29, 0.717) is 18.8 Å². The van der Waals surface area contributed by atoms with E-state index in [1.165, 1.54) is 6.07 Å². The molecule has 3 N–H and O–H groups in total. The number of hydrogen-bond acceptors (Lipinski definition) is 4. The van der Waals surface area contributed by atoms with Gasteiger partial charge in [0.1, 0.15) is 0 Å². The number of benzene rings is 1. The molecule has 2 saturated heterocycles. The van der Waals surface area contributed by atoms with Crippen LogP contribution in [0.3, 0.4) is 0 Å². The summed E-state index contributed by atoms with van der Waals surface area (Å²) in [6, 6.07) is 3.04. The number of hydrogen-bond donors (Lipinski definition) is 2. The first-order valence-corrected chi connectivity index (χ1v) is 7.38. The van der Waals surface area contributed by atoms with Crippen LogP contribution in [0.1, 0.15) is 19.8 Å². The van der Waals surface area contributed by atoms with Crippen molar-refractivity contribution in [1.29, 1.82) is 0 Å². The van der Waals surface area contributed by atoms with Gasteiger partial charge < -0.3 is 20.7 Å². The Bertz CT molecular complexity index is 564. The number of nitrogens with two attached hydrogens (primary N) is 1. The Hall–Kier alpha value is -1.98. The van der Waals surface area contributed by atoms with Gasteiger partial charge in [-0.25, -0.2) is 4.39 Å². The van der Waals surface area contributed by atoms with Crippen LogP contribution in [-0.4, -0.2) is 31.6 Å². The number of nitrogen functional groups attached to an aromatic ring is 1. The third kappa shape index (κ3) is 2.39. The summed E-state index contributed by atoms with van der Waals surface area (Å²) >= 11 is 0. The lowest BCUT2D eigenvalue weighted by Crippen LogP contribution is -2.46. The maximum Gasteiger partial charge on any atom is 0.225 e. The van der Waals surface area contributed by atoms with E-state index >= 15 is 0 Å². The van der Waals surface area contributed by atoms with Crippen molar-refractivity contribution in [2.24, 2.45) is 5.92 Å². The molecule has 0 radical (unpaired) electrons. The molecule has 0 spiro atoms. The number of halogens is 1. The smallest absolute Gasteiger partial charge is 0.225 e. The number of amides is 1. The minimum Gasteiger partial charge on any atom is -0.491 e. The molecular weight excluding hydrogens is 273 g/mol. The first-order chi connectivity index (χ1) is 10.1. The zero-order chi connectivity index (χ0) is 15.0. The number of nitrogens with one attached hydrogen (secondary N) is 1. The van der Waals surface area contributed by atoms with E-state index < -0.39 is 5.82 Å². The highest BCUT2D eigenvalue weighted by molar-refractivity contribution is 5.84. The summed E-state index contributed by atoms with van der Waals surface area (Å²) in [5, 5.41) is 2.91. The van der Waals surface area contributed by atoms with Gasteiger partial charge in [-0.15, -0.1) is 0 Å². The second kappa shape index (κ2) is 5.42. The molecular formula is C15H20FN3O2. The van der Waals surface area contributed by atoms with Crippen LogP contribution >= 0.6 is 0 Å². The third-order valence-electron chi connectivity index (χ3n) is 4.29. The summed E-state index contributed by atoms with van der Waals surface area (Å²) in [6.45, 7) is 3.64. The van der Waals surface area contributed by atoms with Crippen molar-refractivity contribution in [3.63, 3.8) is 0 Å². The molecule has 0 bridgehead atoms. The minimum atomic E-state index is -0.452. The summed E-state index contributed by atoms with van der Waals surface area (Å²) in [7, 11) is 0. The number of carbonyl (C=O) groups is 1. The Morgan fingerprint density at radius 3 is 3.10 bits per heavy atom. The Labute approximate surface area is 123 Å². The Morgan fingerprint density at radius 1 is 1.52 bits per heavy atom. The molecule has 0 aromatic heterocycles. The summed E-state index contributed by atoms with van der Waals surface area (Å²) in [5.74, 6) is -0.137. The van der Waals surface area contributed by atoms with Crippen molar-refractivity contribution in [3.8, 4) is 5.75 Å². The second-order valence-corrected chi connectivity index (χ2v) is 5.53. The highest BCUT2D eigenvalue weighted by atomic mass is 19.1. The van der Waals surface area contributed by atoms with Gasteiger partial charge in [0.25, 0.3) is 0 Å². The van der Waals surface area contributed by atoms with Crippen molar-refractivity contribution in [1.82, 2.24) is 5.32 Å². The molecule has 1 amide bonds. The molecule has 2 unspecified atom stereocenters. The molecule has 2 fully saturated rings. The standard InChI is InChI=1S/C15H20FN3O2/c1-2-21-14-7-12(11(17)6-10(14)16)19-5-3-4-9-13(19)8-18-15(9)20/h6-7,9,13H,2-5,8,17H2,1H3,(H,18,20). The average Bonchev–Trinajstić information content (AvgIpc) is 2.84. The average molecular weight is 293 g/mol. The van der Waals surface area contributed by atoms with Crippen molar-refractivity contribution in [2.75, 3.05) is 30.3 Å². The monoisotopic (exact) mass is 293 g/mol. The lowest BCUT2D eigenvalue weighted by Gasteiger charge is -2.38. The van der Waals surface area contributed by atoms with Gasteiger partial charge in [0.2, 0.25) is 5.91 Å². The van der Waals surface area contributed by atoms with Gasteiger partial charge in [-0.3, -0.25) is 4.79 Å². The Balaban J connectivity index is 1.95. The predicted octanol–water partition coefficient (Wildman–Crippen LogP) is 1.52. The quantitative estimate of drug-likeness (QED) is 0.829. The van der Waals surface area contributed by atoms with Gasteiger partial charge >= 0.3 is 0 Å². The molecule has 0 saturated carbocycles. The van der Waals surface area contributed by atoms with Crippen LogP contribution < -0.4 is 20.7 Å². The van der Waals surface area contributed by atoms with Gasteiger partial charge in [-0.2, -0.15) is 0 Å². The van der Waals surface area contributed by atoms with Crippen LogP contribution in [0.2, 0.25) is 0 Å². The molecule has 3 rings (SSSR count). The zero-order valence-corrected chi connectivity index (χ0v) is 12.1. The van der Waals surface area contributed by atoms with Crippen LogP contribution in [-0.2, 0) is 4.79 Å². The normalized spacial score (nSPS) is 24.7. The van der Waals surface area contributed by atoms with Crippen molar-refractivity contribution in [3.05, 3.63) is 17.9 Å². The summed E-state index contributed by atoms with van der Waals surface area (Å²) in [4.78, 5) is 14.0. The Morgan fingerprint density at radius 2 is 2.33 bits per heavy atom. The number of fused-ring (bicyclic) bond motifs is 1. The minimum absolute atomic E-state index is 0.00116. The fraction of sp³-hybridized carbons (Fsp3) is 0.533. The molecule has 2 aliphatic heterocycles. The second-order valence-electron chi connectivity index (χ2n) is 5.53. The highest BCUT2D eigenvalue weighted by Gasteiger charge is 2.41. The van der Waals surface area contributed by atoms with Crippen LogP contribution in [0.5, 0.6) is 5.75 Å². The first-order valence-electron chi connectivity index (χ1n) is 7.38. The molecule has 114 valence electrons. The molecule has 2 aliphatic rings. The van der Waals surface area contributed by atoms with Crippen molar-refractivity contribution >= 4 is 17.3 Å². The number of anilines is 2. The van der Waals surface area contributed by atoms with Crippen LogP contribution in [0, 0.1) is 11.7 Å². The third-order valence-corrected chi connectivity index (χ3v) is 4.29. The highest BCUT2D eigenvalue weighted by Crippen LogP contribution is 2.37. The fourth-order valence-electron chi connectivity index (χ4n) is 3.32. The lowest BCUT2D eigenvalue weighted by atomic mass is 9.91. The van der Waals surface area contributed by atoms with E-state index in [4.69, 9.17) is 10.5 Å². The first kappa shape index (κ1) is 14.0. The molecule has 6 heteroatoms. The number of ether oxygens (including phenoxy) is 1. The van der Waals surface area contributed by atoms with Crippen LogP contribution in [0.15, 0.2) is 12.1 Å². The number of carbonyl (C=O) groups excluding carboxylic acids is 1. The molecule has 0 aliphatic carbocycles. The molecule has 1 aromatic carbocycles. The predicted molar refractivity (Wildman–Crippen MR) is 78.8 cm³/mol. The maximum atomic E-state index is 13.8. The van der Waals surface area contributed by atoms with Gasteiger partial charge in [-0.05, 0) is 19.8 Å². The number of nitrogens with zero attached hydrogens (tertiary/aromatic N) is 1. The van der Waals surface area contributed by atoms with E-state index in [1.54, 1.807) is 6.07 Å². The molecule has 5 nitrogen and oxygen atoms in total. The summed E-state index contributed by atoms with van der Waals surface area (Å²) < 4.78 is 19.1. The summed E-state index contributed by atoms with van der Waals surface area (Å²) in [6.07, 6.45) is 1.82. The van der Waals surface area contributed by atoms with Crippen LogP contribution in [0.4, 0.5) is 15.8 Å². The number of piperidine rings is 1. The van der Waals surface area contributed by atoms with Gasteiger partial charge in [0, 0.05) is 25.2 Å². The van der Waals surface area contributed by atoms with Crippen molar-refractivity contribution < 1.29 is 13.9 Å². The number of rotatable bonds is 3. The SMILES string of the molecule is CCOc1cc(N2CCCC3C(=O)NCC32)c(N)cc1F. The largest absolute Gasteiger partial charge is 0.491 e. The fourth-order valence-corrected chi connectivity index (χ4v) is 3.32. The molecule has 21 heavy (non-hydrogen) atoms. The molecule has 2 atom stereocenters. The maximum absolute atomic E-state index is 13.8. The molecule has 1 aromatic rings. The van der Waals surface area contributed by atoms with Crippen molar-refractivity contribution in [2.45, 2.75) is 25.8 Å². The van der Waals surface area contributed by atoms with Gasteiger partial charge in [0.15, 0.2) is 11.6 Å². The van der Waals surface area contributed by atoms with E-state index in [0.717, 1.165) is 25.1 Å². The topological polar surface area (TPSA) is 67.6 Å². The van der Waals surface area contributed by atoms with E-state index in [2.05, 4.69) is 10.2 Å². The van der Waals surface area contributed by atoms with E-state index in [1.807, 2.05) is 6.92 Å². The Kier molecular flexibility index (Phi) is 3.61. The van der Waals surface area contributed by atoms with Gasteiger partial charge in [-0.1, -0.05) is 0 Å². The van der Waals surface area contributed by atoms with E-state index in [9.17, 15) is 9.18 Å². The molecule has 2 heterocycles. The van der Waals surface area contributed by atoms with E-state index in [-0.39, 0.29) is 23.6 Å². The summed E-state index contributed by atoms with van der Waals surface area (Å²) in [5.41, 5.74) is 7.13. The zero-order valence-electron chi connectivity index (χ0n) is 12.1. The lowest BCUT2D eigenvalue weighted by molar-refractivity contribution is -0.122. The van der Waals surface area contributed by atoms with Gasteiger partial charge in [0.05, 0.1) is 29.9 Å². The van der Waals surface area contributed by atoms with Crippen LogP contribution in [0.25, 0.3) is 0 Å².